The van der Waals surface area contributed by atoms with E-state index in [2.05, 4.69) is 10.2 Å². The highest BCUT2D eigenvalue weighted by atomic mass is 16.3. The summed E-state index contributed by atoms with van der Waals surface area (Å²) >= 11 is 0. The number of rotatable bonds is 4. The zero-order valence-corrected chi connectivity index (χ0v) is 15.2. The molecule has 1 heterocycles. The van der Waals surface area contributed by atoms with Crippen molar-refractivity contribution in [3.05, 3.63) is 50.8 Å². The predicted octanol–water partition coefficient (Wildman–Crippen LogP) is 4.42. The van der Waals surface area contributed by atoms with Gasteiger partial charge in [0, 0.05) is 12.1 Å². The Morgan fingerprint density at radius 2 is 1.88 bits per heavy atom. The van der Waals surface area contributed by atoms with E-state index in [1.54, 1.807) is 6.92 Å². The Balaban J connectivity index is 2.60. The van der Waals surface area contributed by atoms with Crippen LogP contribution in [0.5, 0.6) is 5.88 Å². The van der Waals surface area contributed by atoms with Crippen LogP contribution >= 0.6 is 0 Å². The molecule has 0 unspecified atom stereocenters. The predicted molar refractivity (Wildman–Crippen MR) is 96.7 cm³/mol. The van der Waals surface area contributed by atoms with E-state index in [1.165, 1.54) is 4.57 Å². The molecule has 0 saturated carbocycles. The maximum Gasteiger partial charge on any atom is 0.281 e. The van der Waals surface area contributed by atoms with Crippen molar-refractivity contribution < 1.29 is 5.11 Å². The van der Waals surface area contributed by atoms with Crippen molar-refractivity contribution in [3.8, 4) is 11.9 Å². The van der Waals surface area contributed by atoms with E-state index in [4.69, 9.17) is 0 Å². The van der Waals surface area contributed by atoms with Crippen LogP contribution in [0, 0.1) is 38.0 Å². The van der Waals surface area contributed by atoms with E-state index >= 15 is 0 Å². The first kappa shape index (κ1) is 18.4. The van der Waals surface area contributed by atoms with Crippen molar-refractivity contribution >= 4 is 11.4 Å². The molecule has 0 radical (unpaired) electrons. The molecule has 0 fully saturated rings. The molecule has 6 nitrogen and oxygen atoms in total. The van der Waals surface area contributed by atoms with Crippen molar-refractivity contribution in [1.29, 1.82) is 5.26 Å². The van der Waals surface area contributed by atoms with Crippen LogP contribution in [0.15, 0.2) is 33.2 Å². The minimum atomic E-state index is -0.449. The lowest BCUT2D eigenvalue weighted by molar-refractivity contribution is 0.381. The van der Waals surface area contributed by atoms with Crippen LogP contribution in [0.25, 0.3) is 0 Å². The second-order valence-corrected chi connectivity index (χ2v) is 6.56. The van der Waals surface area contributed by atoms with Gasteiger partial charge in [-0.25, -0.2) is 0 Å². The zero-order chi connectivity index (χ0) is 18.7. The Labute approximate surface area is 147 Å². The van der Waals surface area contributed by atoms with Crippen molar-refractivity contribution in [2.45, 2.75) is 41.2 Å². The Bertz CT molecular complexity index is 934. The lowest BCUT2D eigenvalue weighted by Gasteiger charge is -2.14. The molecule has 1 N–H and O–H groups in total. The average molecular weight is 338 g/mol. The van der Waals surface area contributed by atoms with E-state index in [0.717, 1.165) is 11.1 Å². The Kier molecular flexibility index (Phi) is 5.38. The number of nitrogens with zero attached hydrogens (tertiary/aromatic N) is 4. The van der Waals surface area contributed by atoms with Crippen LogP contribution in [-0.2, 0) is 6.54 Å². The molecule has 1 aromatic heterocycles. The number of benzene rings is 1. The van der Waals surface area contributed by atoms with Crippen LogP contribution in [0.1, 0.15) is 36.1 Å². The van der Waals surface area contributed by atoms with Gasteiger partial charge in [0.25, 0.3) is 5.56 Å². The van der Waals surface area contributed by atoms with Crippen LogP contribution in [0.2, 0.25) is 0 Å². The number of hydrogen-bond acceptors (Lipinski definition) is 5. The van der Waals surface area contributed by atoms with Gasteiger partial charge in [-0.3, -0.25) is 9.36 Å². The molecule has 0 aliphatic carbocycles. The lowest BCUT2D eigenvalue weighted by Crippen LogP contribution is -2.24. The molecule has 130 valence electrons. The second kappa shape index (κ2) is 7.31. The van der Waals surface area contributed by atoms with Crippen LogP contribution in [0.4, 0.5) is 11.4 Å². The number of aromatic nitrogens is 1. The molecule has 0 aliphatic heterocycles. The number of hydrogen-bond donors (Lipinski definition) is 1. The lowest BCUT2D eigenvalue weighted by atomic mass is 10.1. The van der Waals surface area contributed by atoms with Gasteiger partial charge in [0.05, 0.1) is 5.69 Å². The topological polar surface area (TPSA) is 90.7 Å². The number of nitriles is 1. The third-order valence-corrected chi connectivity index (χ3v) is 4.07. The van der Waals surface area contributed by atoms with E-state index in [1.807, 2.05) is 52.0 Å². The quantitative estimate of drug-likeness (QED) is 0.836. The number of aromatic hydroxyl groups is 1. The van der Waals surface area contributed by atoms with Gasteiger partial charge in [-0.05, 0) is 49.9 Å². The third kappa shape index (κ3) is 3.77. The first-order chi connectivity index (χ1) is 11.8. The summed E-state index contributed by atoms with van der Waals surface area (Å²) in [6.45, 7) is 9.72. The number of aryl methyl sites for hydroxylation is 2. The van der Waals surface area contributed by atoms with Crippen molar-refractivity contribution in [2.24, 2.45) is 16.1 Å². The number of pyridine rings is 1. The minimum absolute atomic E-state index is 0.0503. The average Bonchev–Trinajstić information content (AvgIpc) is 2.55. The zero-order valence-electron chi connectivity index (χ0n) is 15.2. The summed E-state index contributed by atoms with van der Waals surface area (Å²) in [6, 6.07) is 7.58. The molecule has 0 bridgehead atoms. The smallest absolute Gasteiger partial charge is 0.281 e. The number of azo groups is 1. The third-order valence-electron chi connectivity index (χ3n) is 4.07. The maximum atomic E-state index is 12.7. The van der Waals surface area contributed by atoms with Gasteiger partial charge in [0.1, 0.15) is 11.6 Å². The standard InChI is InChI=1S/C19H22N4O2/c1-11(2)10-23-18(24)16(9-20)14(5)17(19(23)25)22-21-15-7-6-12(3)13(4)8-15/h6-8,11,24H,10H2,1-5H3. The Morgan fingerprint density at radius 3 is 2.44 bits per heavy atom. The summed E-state index contributed by atoms with van der Waals surface area (Å²) in [5.41, 5.74) is 2.86. The highest BCUT2D eigenvalue weighted by molar-refractivity contribution is 5.57. The van der Waals surface area contributed by atoms with Gasteiger partial charge >= 0.3 is 0 Å². The molecule has 0 spiro atoms. The fourth-order valence-corrected chi connectivity index (χ4v) is 2.49. The molecule has 2 aromatic rings. The first-order valence-electron chi connectivity index (χ1n) is 8.11. The molecule has 1 aromatic carbocycles. The highest BCUT2D eigenvalue weighted by Crippen LogP contribution is 2.27. The molecular formula is C19H22N4O2. The first-order valence-corrected chi connectivity index (χ1v) is 8.11. The molecule has 25 heavy (non-hydrogen) atoms. The largest absolute Gasteiger partial charge is 0.493 e. The van der Waals surface area contributed by atoms with E-state index in [-0.39, 0.29) is 23.0 Å². The highest BCUT2D eigenvalue weighted by Gasteiger charge is 2.19. The summed E-state index contributed by atoms with van der Waals surface area (Å²) < 4.78 is 1.19. The summed E-state index contributed by atoms with van der Waals surface area (Å²) in [7, 11) is 0. The molecule has 2 rings (SSSR count). The van der Waals surface area contributed by atoms with Crippen molar-refractivity contribution in [1.82, 2.24) is 4.57 Å². The molecule has 0 amide bonds. The van der Waals surface area contributed by atoms with Crippen molar-refractivity contribution in [2.75, 3.05) is 0 Å². The monoisotopic (exact) mass is 338 g/mol. The normalized spacial score (nSPS) is 11.2. The van der Waals surface area contributed by atoms with Crippen LogP contribution in [-0.4, -0.2) is 9.67 Å². The molecule has 0 saturated heterocycles. The van der Waals surface area contributed by atoms with Gasteiger partial charge in [-0.2, -0.15) is 10.4 Å². The molecular weight excluding hydrogens is 316 g/mol. The van der Waals surface area contributed by atoms with Gasteiger partial charge in [0.2, 0.25) is 5.88 Å². The fraction of sp³-hybridized carbons (Fsp3) is 0.368. The fourth-order valence-electron chi connectivity index (χ4n) is 2.49. The van der Waals surface area contributed by atoms with Crippen LogP contribution < -0.4 is 5.56 Å². The summed E-state index contributed by atoms with van der Waals surface area (Å²) in [4.78, 5) is 12.7. The SMILES string of the molecule is Cc1ccc(N=Nc2c(C)c(C#N)c(O)n(CC(C)C)c2=O)cc1C. The van der Waals surface area contributed by atoms with Crippen LogP contribution in [0.3, 0.4) is 0 Å². The minimum Gasteiger partial charge on any atom is -0.493 e. The van der Waals surface area contributed by atoms with Gasteiger partial charge in [-0.15, -0.1) is 5.11 Å². The summed E-state index contributed by atoms with van der Waals surface area (Å²) in [6.07, 6.45) is 0. The van der Waals surface area contributed by atoms with Crippen molar-refractivity contribution in [3.63, 3.8) is 0 Å². The Hall–Kier alpha value is -2.94. The van der Waals surface area contributed by atoms with Gasteiger partial charge < -0.3 is 5.11 Å². The second-order valence-electron chi connectivity index (χ2n) is 6.56. The van der Waals surface area contributed by atoms with Gasteiger partial charge in [-0.1, -0.05) is 19.9 Å². The maximum absolute atomic E-state index is 12.7. The Morgan fingerprint density at radius 1 is 1.20 bits per heavy atom. The molecule has 6 heteroatoms. The molecule has 0 aliphatic rings. The van der Waals surface area contributed by atoms with Gasteiger partial charge in [0.15, 0.2) is 5.69 Å². The van der Waals surface area contributed by atoms with E-state index in [0.29, 0.717) is 17.8 Å². The van der Waals surface area contributed by atoms with E-state index < -0.39 is 5.56 Å². The van der Waals surface area contributed by atoms with E-state index in [9.17, 15) is 15.2 Å². The molecule has 0 atom stereocenters. The summed E-state index contributed by atoms with van der Waals surface area (Å²) in [5, 5.41) is 27.8. The summed E-state index contributed by atoms with van der Waals surface area (Å²) in [5.74, 6) is -0.189.